The Bertz CT molecular complexity index is 1760. The fourth-order valence-corrected chi connectivity index (χ4v) is 4.82. The minimum atomic E-state index is -5.92. The number of benzene rings is 3. The van der Waals surface area contributed by atoms with Crippen molar-refractivity contribution in [2.75, 3.05) is 11.4 Å². The van der Waals surface area contributed by atoms with Crippen LogP contribution in [0.2, 0.25) is 0 Å². The molecule has 1 N–H and O–H groups in total. The number of esters is 1. The number of carbonyl (C=O) groups is 3. The van der Waals surface area contributed by atoms with Crippen LogP contribution in [-0.2, 0) is 31.0 Å². The molecule has 224 valence electrons. The molecule has 1 heterocycles. The van der Waals surface area contributed by atoms with Gasteiger partial charge in [-0.05, 0) is 30.2 Å². The van der Waals surface area contributed by atoms with E-state index in [4.69, 9.17) is 0 Å². The van der Waals surface area contributed by atoms with Gasteiger partial charge in [0, 0.05) is 36.9 Å². The Balaban J connectivity index is 0.00000529. The van der Waals surface area contributed by atoms with Crippen molar-refractivity contribution in [2.24, 2.45) is 0 Å². The van der Waals surface area contributed by atoms with Crippen LogP contribution in [0.4, 0.5) is 23.2 Å². The van der Waals surface area contributed by atoms with Crippen LogP contribution in [0.1, 0.15) is 42.4 Å². The average Bonchev–Trinajstić information content (AvgIpc) is 2.95. The van der Waals surface area contributed by atoms with Gasteiger partial charge in [0.05, 0.1) is 12.2 Å². The molecule has 0 fully saturated rings. The van der Waals surface area contributed by atoms with Crippen LogP contribution in [-0.4, -0.2) is 37.3 Å². The maximum Gasteiger partial charge on any atom is 1.00 e. The summed E-state index contributed by atoms with van der Waals surface area (Å²) in [6.45, 7) is 0.221. The molecule has 1 aliphatic heterocycles. The van der Waals surface area contributed by atoms with Gasteiger partial charge in [0.2, 0.25) is 29.2 Å². The summed E-state index contributed by atoms with van der Waals surface area (Å²) >= 11 is 0. The Morgan fingerprint density at radius 1 is 0.864 bits per heavy atom. The smallest absolute Gasteiger partial charge is 0.744 e. The fourth-order valence-electron chi connectivity index (χ4n) is 4.20. The molecular weight excluding hydrogens is 619 g/mol. The molecule has 0 bridgehead atoms. The normalized spacial score (nSPS) is 11.9. The number of halogens is 4. The van der Waals surface area contributed by atoms with Gasteiger partial charge in [-0.25, -0.2) is 17.2 Å². The summed E-state index contributed by atoms with van der Waals surface area (Å²) in [4.78, 5) is 36.5. The predicted molar refractivity (Wildman–Crippen MR) is 141 cm³/mol. The number of hydrogen-bond donors (Lipinski definition) is 1. The second kappa shape index (κ2) is 14.8. The summed E-state index contributed by atoms with van der Waals surface area (Å²) in [6, 6.07) is 14.6. The Labute approximate surface area is 271 Å². The number of rotatable bonds is 9. The topological polar surface area (TPSA) is 133 Å². The molecule has 3 aromatic carbocycles. The second-order valence-electron chi connectivity index (χ2n) is 9.20. The van der Waals surface area contributed by atoms with Gasteiger partial charge < -0.3 is 19.5 Å². The molecule has 0 aliphatic carbocycles. The van der Waals surface area contributed by atoms with Gasteiger partial charge in [0.1, 0.15) is 15.0 Å². The van der Waals surface area contributed by atoms with Crippen LogP contribution in [0, 0.1) is 35.1 Å². The maximum absolute atomic E-state index is 14.0. The molecule has 15 heteroatoms. The van der Waals surface area contributed by atoms with Crippen molar-refractivity contribution in [3.63, 3.8) is 0 Å². The number of para-hydroxylation sites is 1. The number of carbonyl (C=O) groups excluding carboxylic acids is 3. The molecule has 44 heavy (non-hydrogen) atoms. The summed E-state index contributed by atoms with van der Waals surface area (Å²) in [5, 5.41) is 2.53. The van der Waals surface area contributed by atoms with E-state index in [9.17, 15) is 44.9 Å². The molecule has 0 unspecified atom stereocenters. The minimum absolute atomic E-state index is 0. The van der Waals surface area contributed by atoms with Gasteiger partial charge in [-0.1, -0.05) is 42.2 Å². The van der Waals surface area contributed by atoms with Crippen molar-refractivity contribution in [1.29, 1.82) is 0 Å². The van der Waals surface area contributed by atoms with Gasteiger partial charge in [0.25, 0.3) is 0 Å². The molecule has 1 aliphatic rings. The van der Waals surface area contributed by atoms with Gasteiger partial charge in [-0.15, -0.1) is 0 Å². The molecule has 2 amide bonds. The van der Waals surface area contributed by atoms with E-state index in [2.05, 4.69) is 21.9 Å². The SMILES string of the molecule is O=C(CCCC(=O)Oc1c(F)c(F)c(S(=O)(=O)[O-])c(F)c1F)NCCC(=O)N1Cc2ccccc2C#Cc2ccccc21.[Na+]. The molecule has 0 atom stereocenters. The third-order valence-corrected chi connectivity index (χ3v) is 7.13. The number of nitrogens with one attached hydrogen (secondary N) is 1. The fraction of sp³-hybridized carbons (Fsp3) is 0.207. The predicted octanol–water partition coefficient (Wildman–Crippen LogP) is 0.680. The molecule has 0 radical (unpaired) electrons. The third-order valence-electron chi connectivity index (χ3n) is 6.27. The van der Waals surface area contributed by atoms with Crippen molar-refractivity contribution in [3.05, 3.63) is 88.5 Å². The monoisotopic (exact) mass is 640 g/mol. The van der Waals surface area contributed by atoms with Gasteiger partial charge in [0.15, 0.2) is 11.6 Å². The maximum atomic E-state index is 14.0. The molecule has 0 saturated carbocycles. The van der Waals surface area contributed by atoms with E-state index >= 15 is 0 Å². The number of ether oxygens (including phenoxy) is 1. The van der Waals surface area contributed by atoms with Crippen LogP contribution < -0.4 is 44.5 Å². The first-order valence-corrected chi connectivity index (χ1v) is 14.1. The van der Waals surface area contributed by atoms with Crippen LogP contribution in [0.5, 0.6) is 5.75 Å². The van der Waals surface area contributed by atoms with E-state index in [1.807, 2.05) is 24.3 Å². The first-order valence-electron chi connectivity index (χ1n) is 12.7. The number of fused-ring (bicyclic) bond motifs is 2. The minimum Gasteiger partial charge on any atom is -0.744 e. The molecule has 0 spiro atoms. The number of anilines is 1. The summed E-state index contributed by atoms with van der Waals surface area (Å²) in [6.07, 6.45) is -1.18. The van der Waals surface area contributed by atoms with E-state index in [-0.39, 0.29) is 67.8 Å². The second-order valence-corrected chi connectivity index (χ2v) is 10.5. The summed E-state index contributed by atoms with van der Waals surface area (Å²) < 4.78 is 92.7. The van der Waals surface area contributed by atoms with Crippen LogP contribution >= 0.6 is 0 Å². The molecule has 0 saturated heterocycles. The van der Waals surface area contributed by atoms with E-state index in [0.717, 1.165) is 11.1 Å². The van der Waals surface area contributed by atoms with E-state index < -0.39 is 62.3 Å². The number of hydrogen-bond acceptors (Lipinski definition) is 7. The van der Waals surface area contributed by atoms with E-state index in [1.54, 1.807) is 29.2 Å². The van der Waals surface area contributed by atoms with Crippen molar-refractivity contribution >= 4 is 33.6 Å². The Kier molecular flexibility index (Phi) is 11.7. The standard InChI is InChI=1S/C29H22F4N2O7S.Na/c30-24-26(32)29(43(39,40)41)27(33)25(31)28(24)42-23(38)11-5-10-21(36)34-15-14-22(37)35-16-19-8-2-1-6-17(19)12-13-18-7-3-4-9-20(18)35;/h1-4,6-9H,5,10-11,14-16H2,(H,34,36)(H,39,40,41);/q;+1/p-1. The molecular formula is C29H21F4N2NaO7S. The summed E-state index contributed by atoms with van der Waals surface area (Å²) in [5.41, 5.74) is 2.93. The van der Waals surface area contributed by atoms with E-state index in [0.29, 0.717) is 11.3 Å². The first kappa shape index (κ1) is 34.7. The quantitative estimate of drug-likeness (QED) is 0.0692. The zero-order valence-corrected chi connectivity index (χ0v) is 25.9. The van der Waals surface area contributed by atoms with Crippen LogP contribution in [0.25, 0.3) is 0 Å². The summed E-state index contributed by atoms with van der Waals surface area (Å²) in [7, 11) is -5.92. The van der Waals surface area contributed by atoms with Gasteiger partial charge in [-0.2, -0.15) is 8.78 Å². The molecule has 4 rings (SSSR count). The Morgan fingerprint density at radius 2 is 1.45 bits per heavy atom. The number of nitrogens with zero attached hydrogens (tertiary/aromatic N) is 1. The molecule has 9 nitrogen and oxygen atoms in total. The summed E-state index contributed by atoms with van der Waals surface area (Å²) in [5.74, 6) is -7.76. The Hall–Kier alpha value is -3.74. The zero-order valence-electron chi connectivity index (χ0n) is 23.1. The van der Waals surface area contributed by atoms with Crippen molar-refractivity contribution < 1.29 is 79.2 Å². The molecule has 0 aromatic heterocycles. The average molecular weight is 641 g/mol. The van der Waals surface area contributed by atoms with E-state index in [1.165, 1.54) is 0 Å². The number of amides is 2. The third kappa shape index (κ3) is 8.04. The Morgan fingerprint density at radius 3 is 2.11 bits per heavy atom. The zero-order chi connectivity index (χ0) is 31.3. The van der Waals surface area contributed by atoms with Crippen molar-refractivity contribution in [2.45, 2.75) is 37.1 Å². The van der Waals surface area contributed by atoms with Crippen molar-refractivity contribution in [1.82, 2.24) is 5.32 Å². The van der Waals surface area contributed by atoms with Crippen LogP contribution in [0.3, 0.4) is 0 Å². The van der Waals surface area contributed by atoms with Crippen LogP contribution in [0.15, 0.2) is 53.4 Å². The first-order chi connectivity index (χ1) is 20.4. The molecule has 3 aromatic rings. The van der Waals surface area contributed by atoms with Gasteiger partial charge >= 0.3 is 35.5 Å². The largest absolute Gasteiger partial charge is 1.00 e. The van der Waals surface area contributed by atoms with Crippen molar-refractivity contribution in [3.8, 4) is 17.6 Å². The van der Waals surface area contributed by atoms with Gasteiger partial charge in [-0.3, -0.25) is 14.4 Å².